The normalized spacial score (nSPS) is 18.5. The quantitative estimate of drug-likeness (QED) is 0.749. The molecule has 0 spiro atoms. The summed E-state index contributed by atoms with van der Waals surface area (Å²) < 4.78 is 11.5. The first-order valence-corrected chi connectivity index (χ1v) is 6.10. The fraction of sp³-hybridized carbons (Fsp3) is 0.364. The van der Waals surface area contributed by atoms with Gasteiger partial charge in [0.1, 0.15) is 0 Å². The summed E-state index contributed by atoms with van der Waals surface area (Å²) in [6.45, 7) is 2.18. The molecule has 14 heavy (non-hydrogen) atoms. The lowest BCUT2D eigenvalue weighted by molar-refractivity contribution is 0.691. The summed E-state index contributed by atoms with van der Waals surface area (Å²) in [5.74, 6) is 0. The maximum absolute atomic E-state index is 11.5. The topological polar surface area (TPSA) is 29.4 Å². The molecule has 0 bridgehead atoms. The van der Waals surface area contributed by atoms with E-state index in [-0.39, 0.29) is 0 Å². The number of nitrogens with zero attached hydrogens (tertiary/aromatic N) is 1. The van der Waals surface area contributed by atoms with Crippen molar-refractivity contribution in [1.82, 2.24) is 0 Å². The fourth-order valence-electron chi connectivity index (χ4n) is 1.52. The van der Waals surface area contributed by atoms with Crippen LogP contribution in [0.25, 0.3) is 0 Å². The Labute approximate surface area is 86.5 Å². The van der Waals surface area contributed by atoms with Gasteiger partial charge in [-0.05, 0) is 30.5 Å². The van der Waals surface area contributed by atoms with Gasteiger partial charge >= 0.3 is 0 Å². The number of unbranched alkanes of at least 4 members (excludes halogenated alkanes) is 1. The van der Waals surface area contributed by atoms with Crippen molar-refractivity contribution >= 4 is 22.0 Å². The third-order valence-electron chi connectivity index (χ3n) is 2.35. The molecule has 1 aliphatic rings. The number of aryl methyl sites for hydroxylation is 1. The van der Waals surface area contributed by atoms with Gasteiger partial charge in [0.2, 0.25) is 0 Å². The number of benzene rings is 1. The predicted octanol–water partition coefficient (Wildman–Crippen LogP) is 2.81. The average Bonchev–Trinajstić information content (AvgIpc) is 2.57. The molecule has 1 unspecified atom stereocenters. The molecule has 1 aliphatic heterocycles. The van der Waals surface area contributed by atoms with E-state index in [0.29, 0.717) is 0 Å². The molecule has 0 radical (unpaired) electrons. The van der Waals surface area contributed by atoms with E-state index in [1.54, 1.807) is 0 Å². The van der Waals surface area contributed by atoms with Gasteiger partial charge in [0, 0.05) is 0 Å². The minimum atomic E-state index is -1.01. The van der Waals surface area contributed by atoms with Crippen LogP contribution in [0.4, 0.5) is 5.69 Å². The molecule has 2 nitrogen and oxygen atoms in total. The van der Waals surface area contributed by atoms with Gasteiger partial charge in [-0.15, -0.1) is 0 Å². The molecule has 1 atom stereocenters. The third kappa shape index (κ3) is 1.77. The molecule has 74 valence electrons. The Balaban J connectivity index is 2.24. The summed E-state index contributed by atoms with van der Waals surface area (Å²) in [5.41, 5.74) is 3.64. The fourth-order valence-corrected chi connectivity index (χ4v) is 2.44. The van der Waals surface area contributed by atoms with Gasteiger partial charge in [-0.2, -0.15) is 0 Å². The van der Waals surface area contributed by atoms with E-state index in [1.807, 2.05) is 12.1 Å². The van der Waals surface area contributed by atoms with Gasteiger partial charge in [0.05, 0.1) is 26.9 Å². The number of hydrogen-bond acceptors (Lipinski definition) is 2. The van der Waals surface area contributed by atoms with E-state index in [9.17, 15) is 4.21 Å². The number of hydrogen-bond donors (Lipinski definition) is 0. The molecule has 0 saturated carbocycles. The van der Waals surface area contributed by atoms with Gasteiger partial charge in [-0.3, -0.25) is 0 Å². The molecular formula is C11H13NOS. The first-order valence-electron chi connectivity index (χ1n) is 4.89. The third-order valence-corrected chi connectivity index (χ3v) is 3.40. The standard InChI is InChI=1S/C11H13NOS/c1-2-3-4-9-5-6-10-11(7-9)14(13)8-12-10/h5-8H,2-4H2,1H3. The van der Waals surface area contributed by atoms with Crippen LogP contribution in [0, 0.1) is 0 Å². The molecule has 0 aromatic heterocycles. The van der Waals surface area contributed by atoms with Crippen LogP contribution in [0.3, 0.4) is 0 Å². The van der Waals surface area contributed by atoms with Crippen LogP contribution in [0.15, 0.2) is 28.1 Å². The zero-order valence-electron chi connectivity index (χ0n) is 8.19. The Hall–Kier alpha value is -0.960. The van der Waals surface area contributed by atoms with Gasteiger partial charge in [-0.1, -0.05) is 19.4 Å². The van der Waals surface area contributed by atoms with Crippen molar-refractivity contribution in [1.29, 1.82) is 0 Å². The number of aliphatic imine (C=N–C) groups is 1. The highest BCUT2D eigenvalue weighted by Gasteiger charge is 2.13. The molecule has 1 aromatic rings. The van der Waals surface area contributed by atoms with Crippen molar-refractivity contribution in [3.63, 3.8) is 0 Å². The van der Waals surface area contributed by atoms with Crippen LogP contribution in [0.2, 0.25) is 0 Å². The maximum atomic E-state index is 11.5. The Kier molecular flexibility index (Phi) is 2.77. The minimum absolute atomic E-state index is 0.864. The Bertz CT molecular complexity index is 398. The zero-order chi connectivity index (χ0) is 9.97. The maximum Gasteiger partial charge on any atom is 0.0984 e. The van der Waals surface area contributed by atoms with E-state index in [0.717, 1.165) is 17.0 Å². The van der Waals surface area contributed by atoms with Crippen molar-refractivity contribution in [3.05, 3.63) is 23.8 Å². The van der Waals surface area contributed by atoms with Crippen molar-refractivity contribution in [2.24, 2.45) is 4.99 Å². The first kappa shape index (κ1) is 9.59. The summed E-state index contributed by atoms with van der Waals surface area (Å²) in [6, 6.07) is 6.06. The smallest absolute Gasteiger partial charge is 0.0984 e. The SMILES string of the molecule is CCCCc1ccc2c(c1)S(=O)C=N2. The van der Waals surface area contributed by atoms with Gasteiger partial charge < -0.3 is 0 Å². The molecule has 3 heteroatoms. The highest BCUT2D eigenvalue weighted by Crippen LogP contribution is 2.28. The van der Waals surface area contributed by atoms with Crippen LogP contribution in [-0.2, 0) is 17.2 Å². The molecule has 1 heterocycles. The lowest BCUT2D eigenvalue weighted by Crippen LogP contribution is -1.89. The van der Waals surface area contributed by atoms with Crippen LogP contribution in [-0.4, -0.2) is 9.76 Å². The Morgan fingerprint density at radius 2 is 2.29 bits per heavy atom. The Morgan fingerprint density at radius 1 is 1.43 bits per heavy atom. The summed E-state index contributed by atoms with van der Waals surface area (Å²) in [6.07, 6.45) is 3.45. The zero-order valence-corrected chi connectivity index (χ0v) is 9.01. The van der Waals surface area contributed by atoms with Crippen LogP contribution in [0.1, 0.15) is 25.3 Å². The molecule has 0 saturated heterocycles. The van der Waals surface area contributed by atoms with Crippen molar-refractivity contribution in [2.75, 3.05) is 0 Å². The highest BCUT2D eigenvalue weighted by atomic mass is 32.2. The lowest BCUT2D eigenvalue weighted by Gasteiger charge is -2.01. The van der Waals surface area contributed by atoms with Crippen molar-refractivity contribution < 1.29 is 4.21 Å². The number of fused-ring (bicyclic) bond motifs is 1. The Morgan fingerprint density at radius 3 is 3.07 bits per heavy atom. The molecule has 0 fully saturated rings. The number of rotatable bonds is 3. The van der Waals surface area contributed by atoms with E-state index in [4.69, 9.17) is 0 Å². The van der Waals surface area contributed by atoms with Gasteiger partial charge in [0.15, 0.2) is 0 Å². The first-order chi connectivity index (χ1) is 6.81. The van der Waals surface area contributed by atoms with Crippen molar-refractivity contribution in [3.8, 4) is 0 Å². The van der Waals surface area contributed by atoms with Crippen LogP contribution >= 0.6 is 0 Å². The second-order valence-electron chi connectivity index (χ2n) is 3.44. The van der Waals surface area contributed by atoms with E-state index in [2.05, 4.69) is 18.0 Å². The highest BCUT2D eigenvalue weighted by molar-refractivity contribution is 7.99. The molecule has 2 rings (SSSR count). The largest absolute Gasteiger partial charge is 0.248 e. The van der Waals surface area contributed by atoms with Gasteiger partial charge in [-0.25, -0.2) is 9.20 Å². The molecule has 1 aromatic carbocycles. The van der Waals surface area contributed by atoms with E-state index in [1.165, 1.54) is 24.0 Å². The van der Waals surface area contributed by atoms with Crippen LogP contribution in [0.5, 0.6) is 0 Å². The summed E-state index contributed by atoms with van der Waals surface area (Å²) in [7, 11) is -1.01. The van der Waals surface area contributed by atoms with E-state index < -0.39 is 10.8 Å². The molecule has 0 N–H and O–H groups in total. The summed E-state index contributed by atoms with van der Waals surface area (Å²) in [4.78, 5) is 4.95. The lowest BCUT2D eigenvalue weighted by atomic mass is 10.1. The monoisotopic (exact) mass is 207 g/mol. The molecule has 0 amide bonds. The summed E-state index contributed by atoms with van der Waals surface area (Å²) >= 11 is 0. The molecule has 0 aliphatic carbocycles. The molecular weight excluding hydrogens is 194 g/mol. The van der Waals surface area contributed by atoms with Crippen molar-refractivity contribution in [2.45, 2.75) is 31.1 Å². The van der Waals surface area contributed by atoms with Gasteiger partial charge in [0.25, 0.3) is 0 Å². The van der Waals surface area contributed by atoms with E-state index >= 15 is 0 Å². The average molecular weight is 207 g/mol. The minimum Gasteiger partial charge on any atom is -0.248 e. The van der Waals surface area contributed by atoms with Crippen LogP contribution < -0.4 is 0 Å². The predicted molar refractivity (Wildman–Crippen MR) is 59.6 cm³/mol. The second-order valence-corrected chi connectivity index (χ2v) is 4.68. The summed E-state index contributed by atoms with van der Waals surface area (Å²) in [5, 5.41) is 0. The second kappa shape index (κ2) is 4.05.